The van der Waals surface area contributed by atoms with Crippen LogP contribution in [-0.2, 0) is 12.8 Å². The molecule has 0 bridgehead atoms. The maximum absolute atomic E-state index is 12.5. The zero-order chi connectivity index (χ0) is 19.0. The zero-order valence-corrected chi connectivity index (χ0v) is 16.7. The van der Waals surface area contributed by atoms with Gasteiger partial charge in [0.1, 0.15) is 5.82 Å². The number of thioether (sulfide) groups is 1. The summed E-state index contributed by atoms with van der Waals surface area (Å²) in [6.07, 6.45) is 0. The van der Waals surface area contributed by atoms with Crippen LogP contribution in [0.15, 0.2) is 63.0 Å². The van der Waals surface area contributed by atoms with E-state index in [4.69, 9.17) is 5.84 Å². The summed E-state index contributed by atoms with van der Waals surface area (Å²) in [4.78, 5) is 17.1. The van der Waals surface area contributed by atoms with Crippen molar-refractivity contribution in [3.63, 3.8) is 0 Å². The van der Waals surface area contributed by atoms with Crippen molar-refractivity contribution < 1.29 is 0 Å². The molecule has 0 atom stereocenters. The first-order valence-electron chi connectivity index (χ1n) is 8.09. The SMILES string of the molecule is Cn1c(CSc2nnc(-c3ccccc3Br)n2N)nc2ccccc2c1=O. The molecule has 0 aliphatic rings. The predicted octanol–water partition coefficient (Wildman–Crippen LogP) is 2.96. The van der Waals surface area contributed by atoms with Crippen LogP contribution >= 0.6 is 27.7 Å². The minimum atomic E-state index is -0.0701. The van der Waals surface area contributed by atoms with Gasteiger partial charge in [-0.3, -0.25) is 9.36 Å². The van der Waals surface area contributed by atoms with Crippen molar-refractivity contribution in [2.45, 2.75) is 10.9 Å². The molecule has 7 nitrogen and oxygen atoms in total. The highest BCUT2D eigenvalue weighted by atomic mass is 79.9. The van der Waals surface area contributed by atoms with Crippen LogP contribution in [0, 0.1) is 0 Å². The Balaban J connectivity index is 1.64. The first-order chi connectivity index (χ1) is 13.1. The van der Waals surface area contributed by atoms with Gasteiger partial charge < -0.3 is 5.84 Å². The van der Waals surface area contributed by atoms with E-state index < -0.39 is 0 Å². The molecule has 27 heavy (non-hydrogen) atoms. The van der Waals surface area contributed by atoms with Gasteiger partial charge in [-0.2, -0.15) is 0 Å². The van der Waals surface area contributed by atoms with Crippen molar-refractivity contribution in [2.75, 3.05) is 5.84 Å². The minimum absolute atomic E-state index is 0.0701. The third kappa shape index (κ3) is 3.24. The molecule has 4 rings (SSSR count). The lowest BCUT2D eigenvalue weighted by molar-refractivity contribution is 0.781. The lowest BCUT2D eigenvalue weighted by Gasteiger charge is -2.09. The maximum Gasteiger partial charge on any atom is 0.261 e. The summed E-state index contributed by atoms with van der Waals surface area (Å²) in [7, 11) is 1.72. The van der Waals surface area contributed by atoms with E-state index in [2.05, 4.69) is 31.1 Å². The van der Waals surface area contributed by atoms with E-state index >= 15 is 0 Å². The molecule has 4 aromatic rings. The van der Waals surface area contributed by atoms with Crippen LogP contribution < -0.4 is 11.4 Å². The Morgan fingerprint density at radius 2 is 1.85 bits per heavy atom. The molecule has 0 spiro atoms. The fourth-order valence-corrected chi connectivity index (χ4v) is 4.03. The monoisotopic (exact) mass is 442 g/mol. The van der Waals surface area contributed by atoms with E-state index in [1.165, 1.54) is 16.4 Å². The number of hydrogen-bond acceptors (Lipinski definition) is 6. The summed E-state index contributed by atoms with van der Waals surface area (Å²) >= 11 is 4.88. The van der Waals surface area contributed by atoms with Gasteiger partial charge in [-0.25, -0.2) is 9.66 Å². The fraction of sp³-hybridized carbons (Fsp3) is 0.111. The fourth-order valence-electron chi connectivity index (χ4n) is 2.72. The second kappa shape index (κ2) is 7.16. The predicted molar refractivity (Wildman–Crippen MR) is 110 cm³/mol. The first kappa shape index (κ1) is 17.7. The van der Waals surface area contributed by atoms with Gasteiger partial charge in [0.15, 0.2) is 5.82 Å². The minimum Gasteiger partial charge on any atom is -0.335 e. The van der Waals surface area contributed by atoms with Crippen molar-refractivity contribution in [2.24, 2.45) is 7.05 Å². The standard InChI is InChI=1S/C18H15BrN6OS/c1-24-15(21-14-9-5-3-7-12(14)17(24)26)10-27-18-23-22-16(25(18)20)11-6-2-4-8-13(11)19/h2-9H,10,20H2,1H3. The summed E-state index contributed by atoms with van der Waals surface area (Å²) in [5, 5.41) is 9.52. The van der Waals surface area contributed by atoms with E-state index in [1.807, 2.05) is 42.5 Å². The molecule has 0 saturated heterocycles. The number of nitrogens with zero attached hydrogens (tertiary/aromatic N) is 5. The molecule has 0 amide bonds. The first-order valence-corrected chi connectivity index (χ1v) is 9.87. The molecule has 0 unspecified atom stereocenters. The van der Waals surface area contributed by atoms with Gasteiger partial charge in [0.05, 0.1) is 16.7 Å². The molecule has 9 heteroatoms. The normalized spacial score (nSPS) is 11.2. The molecular weight excluding hydrogens is 428 g/mol. The molecule has 0 aliphatic heterocycles. The van der Waals surface area contributed by atoms with Crippen LogP contribution in [0.2, 0.25) is 0 Å². The van der Waals surface area contributed by atoms with E-state index in [0.717, 1.165) is 10.0 Å². The number of aromatic nitrogens is 5. The van der Waals surface area contributed by atoms with Crippen LogP contribution in [0.3, 0.4) is 0 Å². The van der Waals surface area contributed by atoms with Gasteiger partial charge in [0.2, 0.25) is 5.16 Å². The van der Waals surface area contributed by atoms with Gasteiger partial charge in [-0.15, -0.1) is 10.2 Å². The molecule has 0 saturated carbocycles. The van der Waals surface area contributed by atoms with Crippen molar-refractivity contribution in [3.8, 4) is 11.4 Å². The lowest BCUT2D eigenvalue weighted by atomic mass is 10.2. The average Bonchev–Trinajstić information content (AvgIpc) is 3.04. The number of benzene rings is 2. The Kier molecular flexibility index (Phi) is 4.71. The molecule has 2 N–H and O–H groups in total. The summed E-state index contributed by atoms with van der Waals surface area (Å²) < 4.78 is 3.89. The smallest absolute Gasteiger partial charge is 0.261 e. The number of rotatable bonds is 4. The second-order valence-electron chi connectivity index (χ2n) is 5.85. The highest BCUT2D eigenvalue weighted by Gasteiger charge is 2.16. The molecule has 0 radical (unpaired) electrons. The van der Waals surface area contributed by atoms with Gasteiger partial charge in [-0.1, -0.05) is 52.0 Å². The van der Waals surface area contributed by atoms with E-state index in [-0.39, 0.29) is 5.56 Å². The summed E-state index contributed by atoms with van der Waals surface area (Å²) in [5.41, 5.74) is 1.47. The van der Waals surface area contributed by atoms with Crippen molar-refractivity contribution in [3.05, 3.63) is 69.2 Å². The van der Waals surface area contributed by atoms with E-state index in [1.54, 1.807) is 17.7 Å². The van der Waals surface area contributed by atoms with Crippen LogP contribution in [0.4, 0.5) is 0 Å². The van der Waals surface area contributed by atoms with Crippen molar-refractivity contribution >= 4 is 38.6 Å². The van der Waals surface area contributed by atoms with Crippen LogP contribution in [0.1, 0.15) is 5.82 Å². The molecule has 0 fully saturated rings. The topological polar surface area (TPSA) is 91.6 Å². The molecule has 2 heterocycles. The number of halogens is 1. The van der Waals surface area contributed by atoms with Crippen LogP contribution in [0.5, 0.6) is 0 Å². The van der Waals surface area contributed by atoms with E-state index in [9.17, 15) is 4.79 Å². The lowest BCUT2D eigenvalue weighted by Crippen LogP contribution is -2.22. The third-order valence-electron chi connectivity index (χ3n) is 4.19. The Morgan fingerprint density at radius 3 is 2.67 bits per heavy atom. The zero-order valence-electron chi connectivity index (χ0n) is 14.3. The quantitative estimate of drug-likeness (QED) is 0.385. The Morgan fingerprint density at radius 1 is 1.11 bits per heavy atom. The maximum atomic E-state index is 12.5. The molecule has 2 aromatic carbocycles. The summed E-state index contributed by atoms with van der Waals surface area (Å²) in [6.45, 7) is 0. The Hall–Kier alpha value is -2.65. The number of para-hydroxylation sites is 1. The van der Waals surface area contributed by atoms with E-state index in [0.29, 0.717) is 33.5 Å². The summed E-state index contributed by atoms with van der Waals surface area (Å²) in [6, 6.07) is 15.0. The van der Waals surface area contributed by atoms with Gasteiger partial charge >= 0.3 is 0 Å². The number of fused-ring (bicyclic) bond motifs is 1. The Bertz CT molecular complexity index is 1200. The van der Waals surface area contributed by atoms with Crippen LogP contribution in [-0.4, -0.2) is 24.4 Å². The van der Waals surface area contributed by atoms with Gasteiger partial charge in [-0.05, 0) is 24.3 Å². The molecule has 0 aliphatic carbocycles. The average molecular weight is 443 g/mol. The number of nitrogen functional groups attached to an aromatic ring is 1. The molecule has 136 valence electrons. The highest BCUT2D eigenvalue weighted by Crippen LogP contribution is 2.28. The van der Waals surface area contributed by atoms with Crippen molar-refractivity contribution in [1.82, 2.24) is 24.4 Å². The largest absolute Gasteiger partial charge is 0.335 e. The van der Waals surface area contributed by atoms with Gasteiger partial charge in [0, 0.05) is 17.1 Å². The second-order valence-corrected chi connectivity index (χ2v) is 7.65. The third-order valence-corrected chi connectivity index (χ3v) is 5.82. The van der Waals surface area contributed by atoms with Gasteiger partial charge in [0.25, 0.3) is 5.56 Å². The number of nitrogens with two attached hydrogens (primary N) is 1. The molecular formula is C18H15BrN6OS. The van der Waals surface area contributed by atoms with Crippen LogP contribution in [0.25, 0.3) is 22.3 Å². The summed E-state index contributed by atoms with van der Waals surface area (Å²) in [5.74, 6) is 7.84. The Labute approximate surface area is 167 Å². The number of hydrogen-bond donors (Lipinski definition) is 1. The highest BCUT2D eigenvalue weighted by molar-refractivity contribution is 9.10. The molecule has 2 aromatic heterocycles. The van der Waals surface area contributed by atoms with Crippen molar-refractivity contribution in [1.29, 1.82) is 0 Å².